The van der Waals surface area contributed by atoms with Crippen molar-refractivity contribution in [2.45, 2.75) is 33.9 Å². The van der Waals surface area contributed by atoms with Gasteiger partial charge < -0.3 is 20.2 Å². The molecule has 0 aliphatic heterocycles. The van der Waals surface area contributed by atoms with Crippen LogP contribution in [0.15, 0.2) is 114 Å². The molecule has 1 aliphatic rings. The molecule has 2 heterocycles. The number of aryl methyl sites for hydroxylation is 2. The molecule has 2 aromatic carbocycles. The van der Waals surface area contributed by atoms with Crippen LogP contribution in [0, 0.1) is 0 Å². The number of benzene rings is 2. The summed E-state index contributed by atoms with van der Waals surface area (Å²) in [6.07, 6.45) is 14.0. The summed E-state index contributed by atoms with van der Waals surface area (Å²) in [5.41, 5.74) is 4.69. The van der Waals surface area contributed by atoms with E-state index in [-0.39, 0.29) is 17.1 Å². The minimum atomic E-state index is -0.254. The van der Waals surface area contributed by atoms with Gasteiger partial charge in [0.25, 0.3) is 0 Å². The Morgan fingerprint density at radius 2 is 1.33 bits per heavy atom. The molecule has 234 valence electrons. The van der Waals surface area contributed by atoms with E-state index in [0.29, 0.717) is 17.1 Å². The molecule has 0 amide bonds. The van der Waals surface area contributed by atoms with E-state index in [1.54, 1.807) is 13.0 Å². The molecule has 1 aliphatic carbocycles. The number of allylic oxidation sites excluding steroid dienone is 2. The van der Waals surface area contributed by atoms with E-state index in [0.717, 1.165) is 56.3 Å². The highest BCUT2D eigenvalue weighted by Crippen LogP contribution is 2.26. The van der Waals surface area contributed by atoms with Gasteiger partial charge in [-0.2, -0.15) is 0 Å². The monoisotopic (exact) mass is 608 g/mol. The number of carbonyl (C=O) groups excluding carboxylic acids is 1. The van der Waals surface area contributed by atoms with Crippen LogP contribution in [0.4, 0.5) is 22.7 Å². The number of hydrogen-bond donors (Lipinski definition) is 2. The molecule has 0 radical (unpaired) electrons. The number of hydrogen-bond acceptors (Lipinski definition) is 6. The Labute approximate surface area is 265 Å². The Kier molecular flexibility index (Phi) is 9.82. The van der Waals surface area contributed by atoms with Gasteiger partial charge >= 0.3 is 0 Å². The predicted octanol–water partition coefficient (Wildman–Crippen LogP) is 4.47. The molecular weight excluding hydrogens is 564 g/mol. The van der Waals surface area contributed by atoms with Crippen molar-refractivity contribution in [1.82, 2.24) is 9.13 Å². The smallest absolute Gasteiger partial charge is 0.243 e. The zero-order valence-corrected chi connectivity index (χ0v) is 26.9. The quantitative estimate of drug-likeness (QED) is 0.173. The molecule has 2 N–H and O–H groups in total. The van der Waals surface area contributed by atoms with Crippen LogP contribution in [0.5, 0.6) is 0 Å². The second-order valence-corrected chi connectivity index (χ2v) is 11.3. The van der Waals surface area contributed by atoms with Crippen LogP contribution >= 0.6 is 0 Å². The number of imidazole rings is 2. The normalized spacial score (nSPS) is 14.2. The lowest BCUT2D eigenvalue weighted by atomic mass is 9.99. The third-order valence-corrected chi connectivity index (χ3v) is 8.11. The first-order valence-electron chi connectivity index (χ1n) is 15.5. The van der Waals surface area contributed by atoms with Crippen molar-refractivity contribution >= 4 is 34.2 Å². The number of aliphatic imine (C=N–C) groups is 1. The summed E-state index contributed by atoms with van der Waals surface area (Å²) in [6, 6.07) is 16.0. The van der Waals surface area contributed by atoms with E-state index in [1.807, 2.05) is 72.0 Å². The summed E-state index contributed by atoms with van der Waals surface area (Å²) >= 11 is 0. The lowest BCUT2D eigenvalue weighted by Gasteiger charge is -2.23. The fourth-order valence-corrected chi connectivity index (χ4v) is 5.42. The van der Waals surface area contributed by atoms with E-state index in [9.17, 15) is 9.90 Å². The van der Waals surface area contributed by atoms with Gasteiger partial charge in [0.2, 0.25) is 18.4 Å². The van der Waals surface area contributed by atoms with E-state index in [4.69, 9.17) is 4.99 Å². The maximum atomic E-state index is 13.1. The number of aliphatic hydroxyl groups is 1. The van der Waals surface area contributed by atoms with Crippen LogP contribution in [-0.2, 0) is 32.0 Å². The Hall–Kier alpha value is -5.12. The maximum absolute atomic E-state index is 13.1. The molecule has 10 nitrogen and oxygen atoms in total. The molecule has 10 heteroatoms. The van der Waals surface area contributed by atoms with E-state index >= 15 is 0 Å². The molecule has 0 bridgehead atoms. The maximum Gasteiger partial charge on any atom is 0.243 e. The van der Waals surface area contributed by atoms with Crippen LogP contribution in [0.2, 0.25) is 0 Å². The SMILES string of the molecule is CCN(CCn1cc[n+](C)c1)c1ccc(N=C2C=C(Nc3ccc(N(CC)CCn4cc[n+](C)c4)cc3)C(=O)C(C)=C2O)cc1. The lowest BCUT2D eigenvalue weighted by Crippen LogP contribution is -2.28. The first-order valence-corrected chi connectivity index (χ1v) is 15.5. The van der Waals surface area contributed by atoms with Gasteiger partial charge in [-0.05, 0) is 75.4 Å². The van der Waals surface area contributed by atoms with Crippen LogP contribution in [-0.4, -0.2) is 51.9 Å². The average Bonchev–Trinajstić information content (AvgIpc) is 3.67. The highest BCUT2D eigenvalue weighted by molar-refractivity contribution is 6.24. The number of Topliss-reactive ketones (excluding diaryl/α,β-unsaturated/α-hetero) is 1. The number of ketones is 1. The topological polar surface area (TPSA) is 85.8 Å². The number of nitrogens with one attached hydrogen (secondary N) is 1. The van der Waals surface area contributed by atoms with Crippen molar-refractivity contribution in [1.29, 1.82) is 0 Å². The Bertz CT molecular complexity index is 1710. The van der Waals surface area contributed by atoms with Crippen LogP contribution < -0.4 is 24.3 Å². The lowest BCUT2D eigenvalue weighted by molar-refractivity contribution is -0.671. The Morgan fingerprint density at radius 1 is 0.822 bits per heavy atom. The number of carbonyl (C=O) groups is 1. The van der Waals surface area contributed by atoms with E-state index in [2.05, 4.69) is 75.3 Å². The van der Waals surface area contributed by atoms with Crippen molar-refractivity contribution in [2.24, 2.45) is 19.1 Å². The average molecular weight is 609 g/mol. The van der Waals surface area contributed by atoms with Crippen molar-refractivity contribution < 1.29 is 19.0 Å². The molecule has 0 atom stereocenters. The van der Waals surface area contributed by atoms with Crippen LogP contribution in [0.3, 0.4) is 0 Å². The van der Waals surface area contributed by atoms with E-state index in [1.165, 1.54) is 0 Å². The third kappa shape index (κ3) is 7.70. The summed E-state index contributed by atoms with van der Waals surface area (Å²) in [4.78, 5) is 22.4. The van der Waals surface area contributed by atoms with Gasteiger partial charge in [0.1, 0.15) is 49.3 Å². The Morgan fingerprint density at radius 3 is 1.80 bits per heavy atom. The van der Waals surface area contributed by atoms with Crippen molar-refractivity contribution in [2.75, 3.05) is 41.3 Å². The molecule has 0 saturated heterocycles. The summed E-state index contributed by atoms with van der Waals surface area (Å²) in [6.45, 7) is 11.2. The van der Waals surface area contributed by atoms with Gasteiger partial charge in [-0.15, -0.1) is 0 Å². The fraction of sp³-hybridized carbons (Fsp3) is 0.314. The highest BCUT2D eigenvalue weighted by atomic mass is 16.3. The minimum absolute atomic E-state index is 0.102. The molecule has 45 heavy (non-hydrogen) atoms. The summed E-state index contributed by atoms with van der Waals surface area (Å²) in [5, 5.41) is 14.1. The number of nitrogens with zero attached hydrogens (tertiary/aromatic N) is 7. The van der Waals surface area contributed by atoms with Crippen LogP contribution in [0.25, 0.3) is 0 Å². The highest BCUT2D eigenvalue weighted by Gasteiger charge is 2.24. The molecule has 0 unspecified atom stereocenters. The van der Waals surface area contributed by atoms with Gasteiger partial charge in [0.15, 0.2) is 0 Å². The molecular formula is C35H44N8O2+2. The summed E-state index contributed by atoms with van der Waals surface area (Å²) in [7, 11) is 4.04. The van der Waals surface area contributed by atoms with E-state index < -0.39 is 0 Å². The predicted molar refractivity (Wildman–Crippen MR) is 179 cm³/mol. The summed E-state index contributed by atoms with van der Waals surface area (Å²) in [5.74, 6) is -0.356. The largest absolute Gasteiger partial charge is 0.505 e. The van der Waals surface area contributed by atoms with Gasteiger partial charge in [-0.1, -0.05) is 0 Å². The Balaban J connectivity index is 1.26. The van der Waals surface area contributed by atoms with Gasteiger partial charge in [-0.3, -0.25) is 4.79 Å². The molecule has 4 aromatic rings. The number of aliphatic hydroxyl groups excluding tert-OH is 1. The number of aromatic nitrogens is 4. The van der Waals surface area contributed by atoms with Crippen molar-refractivity contribution in [3.8, 4) is 0 Å². The van der Waals surface area contributed by atoms with Crippen LogP contribution in [0.1, 0.15) is 20.8 Å². The minimum Gasteiger partial charge on any atom is -0.505 e. The second-order valence-electron chi connectivity index (χ2n) is 11.3. The number of likely N-dealkylation sites (N-methyl/N-ethyl adjacent to an activating group) is 2. The fourth-order valence-electron chi connectivity index (χ4n) is 5.42. The molecule has 0 spiro atoms. The number of anilines is 3. The third-order valence-electron chi connectivity index (χ3n) is 8.11. The molecule has 0 saturated carbocycles. The first-order chi connectivity index (χ1) is 21.7. The first kappa shape index (κ1) is 31.3. The van der Waals surface area contributed by atoms with Crippen molar-refractivity contribution in [3.05, 3.63) is 109 Å². The number of rotatable bonds is 13. The zero-order valence-electron chi connectivity index (χ0n) is 26.9. The second kappa shape index (κ2) is 14.1. The molecule has 5 rings (SSSR count). The van der Waals surface area contributed by atoms with Crippen molar-refractivity contribution in [3.63, 3.8) is 0 Å². The standard InChI is InChI=1S/C35H42N8O2/c1-6-42(22-20-40-18-16-38(4)25-40)30-12-8-28(9-13-30)36-32-24-33(35(45)27(3)34(32)44)37-29-10-14-31(15-11-29)43(7-2)23-21-41-19-17-39(5)26-41/h8-19,24-26H,6-7,20-23H2,1-5H3/p+2. The molecule has 0 fully saturated rings. The zero-order chi connectivity index (χ0) is 31.9. The molecule has 2 aromatic heterocycles. The van der Waals surface area contributed by atoms with Gasteiger partial charge in [-0.25, -0.2) is 23.3 Å². The summed E-state index contributed by atoms with van der Waals surface area (Å²) < 4.78 is 8.41. The van der Waals surface area contributed by atoms with Gasteiger partial charge in [0.05, 0.1) is 38.6 Å². The van der Waals surface area contributed by atoms with Gasteiger partial charge in [0, 0.05) is 35.7 Å².